The maximum Gasteiger partial charge on any atom is 0.176 e. The molecule has 0 amide bonds. The predicted octanol–water partition coefficient (Wildman–Crippen LogP) is 6.19. The van der Waals surface area contributed by atoms with Gasteiger partial charge < -0.3 is 28.4 Å². The average Bonchev–Trinajstić information content (AvgIpc) is 3.18. The quantitative estimate of drug-likeness (QED) is 0.204. The van der Waals surface area contributed by atoms with E-state index in [1.807, 2.05) is 18.2 Å². The fourth-order valence-corrected chi connectivity index (χ4v) is 13.9. The first-order valence-corrected chi connectivity index (χ1v) is 16.5. The first kappa shape index (κ1) is 32.1. The summed E-state index contributed by atoms with van der Waals surface area (Å²) in [5, 5.41) is 2.63. The molecule has 1 unspecified atom stereocenters. The van der Waals surface area contributed by atoms with Crippen LogP contribution in [0.3, 0.4) is 0 Å². The second kappa shape index (κ2) is 12.0. The number of allylic oxidation sites excluding steroid dienone is 4. The first-order valence-electron chi connectivity index (χ1n) is 14.5. The Morgan fingerprint density at radius 1 is 0.488 bits per heavy atom. The number of hydrogen-bond donors (Lipinski definition) is 0. The fourth-order valence-electron chi connectivity index (χ4n) is 7.14. The molecule has 0 spiro atoms. The third kappa shape index (κ3) is 4.78. The lowest BCUT2D eigenvalue weighted by molar-refractivity contribution is 0.355. The molecule has 3 aromatic carbocycles. The highest BCUT2D eigenvalue weighted by molar-refractivity contribution is 7.15. The molecule has 43 heavy (non-hydrogen) atoms. The summed E-state index contributed by atoms with van der Waals surface area (Å²) < 4.78 is 36.9. The Labute approximate surface area is 258 Å². The number of rotatable bonds is 10. The molecule has 0 bridgehead atoms. The van der Waals surface area contributed by atoms with Gasteiger partial charge in [0.15, 0.2) is 42.6 Å². The lowest BCUT2D eigenvalue weighted by Crippen LogP contribution is -2.73. The van der Waals surface area contributed by atoms with E-state index in [0.717, 1.165) is 32.3 Å². The van der Waals surface area contributed by atoms with E-state index in [2.05, 4.69) is 72.7 Å². The third-order valence-electron chi connectivity index (χ3n) is 9.30. The van der Waals surface area contributed by atoms with Gasteiger partial charge in [-0.1, -0.05) is 42.3 Å². The van der Waals surface area contributed by atoms with Crippen LogP contribution in [0, 0.1) is 20.8 Å². The molecule has 0 radical (unpaired) electrons. The molecule has 4 rings (SSSR count). The average molecular weight is 603 g/mol. The van der Waals surface area contributed by atoms with Crippen LogP contribution < -0.4 is 44.0 Å². The molecule has 230 valence electrons. The molecule has 1 atom stereocenters. The van der Waals surface area contributed by atoms with Crippen LogP contribution in [-0.2, 0) is 0 Å². The van der Waals surface area contributed by atoms with E-state index in [-0.39, 0.29) is 0 Å². The molecule has 0 saturated heterocycles. The van der Waals surface area contributed by atoms with E-state index in [0.29, 0.717) is 34.5 Å². The Bertz CT molecular complexity index is 1470. The van der Waals surface area contributed by atoms with Crippen molar-refractivity contribution in [1.29, 1.82) is 0 Å². The van der Waals surface area contributed by atoms with Crippen molar-refractivity contribution in [2.75, 3.05) is 42.7 Å². The van der Waals surface area contributed by atoms with Crippen molar-refractivity contribution in [2.24, 2.45) is 0 Å². The van der Waals surface area contributed by atoms with Gasteiger partial charge in [0.2, 0.25) is 0 Å². The van der Waals surface area contributed by atoms with Crippen LogP contribution >= 0.6 is 0 Å². The second-order valence-corrected chi connectivity index (χ2v) is 15.8. The van der Waals surface area contributed by atoms with E-state index >= 15 is 0 Å². The summed E-state index contributed by atoms with van der Waals surface area (Å²) in [6.07, 6.45) is 2.43. The van der Waals surface area contributed by atoms with Crippen molar-refractivity contribution in [3.05, 3.63) is 75.9 Å². The molecular weight excluding hydrogens is 556 g/mol. The summed E-state index contributed by atoms with van der Waals surface area (Å²) in [6, 6.07) is 12.8. The summed E-state index contributed by atoms with van der Waals surface area (Å²) in [5.74, 6) is 4.09. The molecule has 0 heterocycles. The van der Waals surface area contributed by atoms with Gasteiger partial charge in [-0.15, -0.1) is 0 Å². The fraction of sp³-hybridized carbons (Fsp3) is 0.389. The summed E-state index contributed by atoms with van der Waals surface area (Å²) in [7, 11) is 6.76. The molecule has 0 aromatic heterocycles. The number of benzene rings is 3. The Kier molecular flexibility index (Phi) is 8.98. The largest absolute Gasteiger partial charge is 0.493 e. The number of methoxy groups -OCH3 is 6. The van der Waals surface area contributed by atoms with E-state index in [4.69, 9.17) is 28.4 Å². The van der Waals surface area contributed by atoms with Gasteiger partial charge in [-0.25, -0.2) is 0 Å². The molecule has 7 heteroatoms. The first-order chi connectivity index (χ1) is 20.4. The molecule has 0 N–H and O–H groups in total. The van der Waals surface area contributed by atoms with Crippen LogP contribution in [0.1, 0.15) is 44.4 Å². The zero-order valence-corrected chi connectivity index (χ0v) is 29.0. The highest BCUT2D eigenvalue weighted by Gasteiger charge is 2.60. The van der Waals surface area contributed by atoms with E-state index in [1.54, 1.807) is 42.7 Å². The third-order valence-corrected chi connectivity index (χ3v) is 14.9. The summed E-state index contributed by atoms with van der Waals surface area (Å²) in [6.45, 7) is 15.3. The highest BCUT2D eigenvalue weighted by Crippen LogP contribution is 2.56. The number of ether oxygens (including phenoxy) is 6. The molecule has 6 nitrogen and oxygen atoms in total. The lowest BCUT2D eigenvalue weighted by Gasteiger charge is -2.48. The van der Waals surface area contributed by atoms with Crippen LogP contribution in [0.15, 0.2) is 59.2 Å². The van der Waals surface area contributed by atoms with Crippen LogP contribution in [0.25, 0.3) is 0 Å². The van der Waals surface area contributed by atoms with Gasteiger partial charge >= 0.3 is 0 Å². The molecule has 0 aliphatic heterocycles. The molecule has 0 fully saturated rings. The van der Waals surface area contributed by atoms with Crippen molar-refractivity contribution in [3.8, 4) is 34.5 Å². The zero-order chi connectivity index (χ0) is 31.9. The van der Waals surface area contributed by atoms with Gasteiger partial charge in [0.25, 0.3) is 0 Å². The van der Waals surface area contributed by atoms with Gasteiger partial charge in [0.05, 0.1) is 42.7 Å². The molecule has 3 aromatic rings. The maximum atomic E-state index is 6.31. The minimum absolute atomic E-state index is 0.509. The molecule has 1 aliphatic rings. The van der Waals surface area contributed by atoms with Crippen LogP contribution in [0.4, 0.5) is 0 Å². The van der Waals surface area contributed by atoms with Crippen molar-refractivity contribution < 1.29 is 28.4 Å². The lowest BCUT2D eigenvalue weighted by atomic mass is 10.0. The monoisotopic (exact) mass is 602 g/mol. The van der Waals surface area contributed by atoms with Crippen molar-refractivity contribution >= 4 is 23.6 Å². The van der Waals surface area contributed by atoms with E-state index < -0.39 is 13.1 Å². The second-order valence-electron chi connectivity index (χ2n) is 11.7. The van der Waals surface area contributed by atoms with Crippen LogP contribution in [0.5, 0.6) is 34.5 Å². The zero-order valence-electron chi connectivity index (χ0n) is 28.0. The number of hydrogen-bond acceptors (Lipinski definition) is 6. The Morgan fingerprint density at radius 2 is 0.814 bits per heavy atom. The smallest absolute Gasteiger partial charge is 0.176 e. The summed E-state index contributed by atoms with van der Waals surface area (Å²) >= 11 is 0. The predicted molar refractivity (Wildman–Crippen MR) is 178 cm³/mol. The minimum atomic E-state index is -3.44. The van der Waals surface area contributed by atoms with Gasteiger partial charge in [-0.3, -0.25) is 0 Å². The van der Waals surface area contributed by atoms with Crippen molar-refractivity contribution in [1.82, 2.24) is 0 Å². The van der Waals surface area contributed by atoms with Gasteiger partial charge in [-0.05, 0) is 97.6 Å². The minimum Gasteiger partial charge on any atom is -0.493 e. The Hall–Kier alpha value is -3.84. The van der Waals surface area contributed by atoms with E-state index in [1.165, 1.54) is 16.7 Å². The molecule has 1 aliphatic carbocycles. The SMILES string of the molecule is COc1cc(C)cc([Si](c2cc(C)cc(OC)c2OC)(c2cc(C)cc(OC)c2OC)C2(C)C=C(C)C(C)=C2C)c1OC. The van der Waals surface area contributed by atoms with Crippen LogP contribution in [0.2, 0.25) is 5.04 Å². The standard InChI is InChI=1S/C36H46O6Si/c1-21-14-27(37-8)33(40-11)30(17-21)43(36(7)20-24(4)25(5)26(36)6,31-18-22(2)15-28(38-9)34(31)41-12)32-19-23(3)16-29(39-10)35(32)42-13/h14-20H,1-13H3. The van der Waals surface area contributed by atoms with Gasteiger partial charge in [0, 0.05) is 5.04 Å². The number of aryl methyl sites for hydroxylation is 3. The maximum absolute atomic E-state index is 6.31. The van der Waals surface area contributed by atoms with Crippen LogP contribution in [-0.4, -0.2) is 50.7 Å². The summed E-state index contributed by atoms with van der Waals surface area (Å²) in [4.78, 5) is 0. The van der Waals surface area contributed by atoms with Gasteiger partial charge in [0.1, 0.15) is 0 Å². The van der Waals surface area contributed by atoms with Gasteiger partial charge in [-0.2, -0.15) is 0 Å². The molecule has 0 saturated carbocycles. The van der Waals surface area contributed by atoms with Crippen molar-refractivity contribution in [2.45, 2.75) is 53.5 Å². The normalized spacial score (nSPS) is 16.6. The molecular formula is C36H46O6Si. The van der Waals surface area contributed by atoms with E-state index in [9.17, 15) is 0 Å². The topological polar surface area (TPSA) is 55.4 Å². The Balaban J connectivity index is 2.52. The summed E-state index contributed by atoms with van der Waals surface area (Å²) in [5.41, 5.74) is 6.97. The highest BCUT2D eigenvalue weighted by atomic mass is 28.3. The van der Waals surface area contributed by atoms with Crippen molar-refractivity contribution in [3.63, 3.8) is 0 Å². The Morgan fingerprint density at radius 3 is 1.05 bits per heavy atom.